The second-order valence-electron chi connectivity index (χ2n) is 6.20. The van der Waals surface area contributed by atoms with Gasteiger partial charge in [0.2, 0.25) is 5.91 Å². The van der Waals surface area contributed by atoms with Gasteiger partial charge in [0, 0.05) is 35.1 Å². The monoisotopic (exact) mass is 339 g/mol. The molecule has 2 heterocycles. The summed E-state index contributed by atoms with van der Waals surface area (Å²) < 4.78 is 0. The van der Waals surface area contributed by atoms with Crippen LogP contribution in [0.3, 0.4) is 0 Å². The van der Waals surface area contributed by atoms with Crippen molar-refractivity contribution in [1.82, 2.24) is 9.97 Å². The summed E-state index contributed by atoms with van der Waals surface area (Å²) in [5.41, 5.74) is 11.1. The average molecular weight is 339 g/mol. The van der Waals surface area contributed by atoms with Gasteiger partial charge in [0.15, 0.2) is 0 Å². The van der Waals surface area contributed by atoms with Crippen LogP contribution in [0.15, 0.2) is 79.3 Å². The van der Waals surface area contributed by atoms with Gasteiger partial charge >= 0.3 is 0 Å². The Morgan fingerprint density at radius 3 is 2.54 bits per heavy atom. The number of amides is 1. The predicted molar refractivity (Wildman–Crippen MR) is 103 cm³/mol. The van der Waals surface area contributed by atoms with Crippen molar-refractivity contribution < 1.29 is 4.79 Å². The van der Waals surface area contributed by atoms with Crippen molar-refractivity contribution in [2.24, 2.45) is 5.73 Å². The Morgan fingerprint density at radius 2 is 1.73 bits per heavy atom. The fraction of sp³-hybridized carbons (Fsp3) is 0.0455. The zero-order valence-corrected chi connectivity index (χ0v) is 14.1. The molecule has 126 valence electrons. The number of fused-ring (bicyclic) bond motifs is 1. The van der Waals surface area contributed by atoms with E-state index in [4.69, 9.17) is 5.73 Å². The van der Waals surface area contributed by atoms with E-state index in [2.05, 4.69) is 28.2 Å². The van der Waals surface area contributed by atoms with Gasteiger partial charge in [-0.3, -0.25) is 14.8 Å². The number of benzene rings is 2. The fourth-order valence-electron chi connectivity index (χ4n) is 3.15. The topological polar surface area (TPSA) is 68.9 Å². The average Bonchev–Trinajstić information content (AvgIpc) is 2.68. The Kier molecular flexibility index (Phi) is 4.15. The number of primary amides is 1. The molecule has 0 fully saturated rings. The smallest absolute Gasteiger partial charge is 0.248 e. The Balaban J connectivity index is 1.87. The summed E-state index contributed by atoms with van der Waals surface area (Å²) in [6.45, 7) is 0. The summed E-state index contributed by atoms with van der Waals surface area (Å²) in [5, 5.41) is 1.07. The van der Waals surface area contributed by atoms with Gasteiger partial charge in [-0.05, 0) is 65.6 Å². The van der Waals surface area contributed by atoms with E-state index in [1.807, 2.05) is 36.4 Å². The van der Waals surface area contributed by atoms with Crippen LogP contribution in [-0.4, -0.2) is 15.9 Å². The van der Waals surface area contributed by atoms with Crippen LogP contribution in [0.2, 0.25) is 0 Å². The first-order chi connectivity index (χ1) is 12.7. The van der Waals surface area contributed by atoms with E-state index in [1.165, 1.54) is 11.1 Å². The van der Waals surface area contributed by atoms with Gasteiger partial charge in [-0.1, -0.05) is 18.2 Å². The van der Waals surface area contributed by atoms with Gasteiger partial charge < -0.3 is 5.73 Å². The number of nitrogens with zero attached hydrogens (tertiary/aromatic N) is 2. The van der Waals surface area contributed by atoms with Crippen LogP contribution in [0, 0.1) is 0 Å². The largest absolute Gasteiger partial charge is 0.366 e. The molecule has 26 heavy (non-hydrogen) atoms. The van der Waals surface area contributed by atoms with Gasteiger partial charge in [0.05, 0.1) is 5.52 Å². The minimum Gasteiger partial charge on any atom is -0.366 e. The molecule has 0 saturated heterocycles. The Labute approximate surface area is 151 Å². The van der Waals surface area contributed by atoms with Crippen molar-refractivity contribution in [3.63, 3.8) is 0 Å². The standard InChI is InChI=1S/C22H17N3O/c23-22(26)19-4-1-3-17(14-19)20-13-16(11-15-6-9-24-10-7-15)12-18-5-2-8-25-21(18)20/h1-10,12-14H,11H2,(H2,23,26). The van der Waals surface area contributed by atoms with Crippen LogP contribution in [0.1, 0.15) is 21.5 Å². The number of nitrogens with two attached hydrogens (primary N) is 1. The van der Waals surface area contributed by atoms with Crippen molar-refractivity contribution in [3.8, 4) is 11.1 Å². The van der Waals surface area contributed by atoms with Crippen LogP contribution in [0.5, 0.6) is 0 Å². The molecule has 4 aromatic rings. The Morgan fingerprint density at radius 1 is 0.885 bits per heavy atom. The summed E-state index contributed by atoms with van der Waals surface area (Å²) in [6.07, 6.45) is 6.19. The maximum Gasteiger partial charge on any atom is 0.248 e. The summed E-state index contributed by atoms with van der Waals surface area (Å²) in [5.74, 6) is -0.433. The third-order valence-electron chi connectivity index (χ3n) is 4.38. The highest BCUT2D eigenvalue weighted by atomic mass is 16.1. The second kappa shape index (κ2) is 6.76. The fourth-order valence-corrected chi connectivity index (χ4v) is 3.15. The van der Waals surface area contributed by atoms with Gasteiger partial charge in [-0.25, -0.2) is 0 Å². The van der Waals surface area contributed by atoms with Gasteiger partial charge in [-0.15, -0.1) is 0 Å². The number of rotatable bonds is 4. The van der Waals surface area contributed by atoms with Crippen LogP contribution in [0.25, 0.3) is 22.0 Å². The van der Waals surface area contributed by atoms with E-state index in [0.717, 1.165) is 28.5 Å². The minimum atomic E-state index is -0.433. The highest BCUT2D eigenvalue weighted by Crippen LogP contribution is 2.30. The first-order valence-electron chi connectivity index (χ1n) is 8.37. The normalized spacial score (nSPS) is 10.8. The maximum absolute atomic E-state index is 11.6. The first kappa shape index (κ1) is 16.0. The van der Waals surface area contributed by atoms with Crippen molar-refractivity contribution >= 4 is 16.8 Å². The zero-order valence-electron chi connectivity index (χ0n) is 14.1. The van der Waals surface area contributed by atoms with E-state index >= 15 is 0 Å². The third kappa shape index (κ3) is 3.17. The molecule has 4 rings (SSSR count). The summed E-state index contributed by atoms with van der Waals surface area (Å²) in [4.78, 5) is 20.2. The molecule has 4 heteroatoms. The molecule has 0 aliphatic rings. The molecule has 4 nitrogen and oxygen atoms in total. The molecule has 2 N–H and O–H groups in total. The van der Waals surface area contributed by atoms with E-state index in [1.54, 1.807) is 24.7 Å². The molecular formula is C22H17N3O. The lowest BCUT2D eigenvalue weighted by Crippen LogP contribution is -2.10. The van der Waals surface area contributed by atoms with E-state index < -0.39 is 5.91 Å². The molecule has 0 unspecified atom stereocenters. The van der Waals surface area contributed by atoms with Gasteiger partial charge in [0.1, 0.15) is 0 Å². The number of hydrogen-bond acceptors (Lipinski definition) is 3. The highest BCUT2D eigenvalue weighted by Gasteiger charge is 2.10. The highest BCUT2D eigenvalue weighted by molar-refractivity contribution is 5.98. The van der Waals surface area contributed by atoms with Crippen LogP contribution < -0.4 is 5.73 Å². The van der Waals surface area contributed by atoms with Crippen LogP contribution in [0.4, 0.5) is 0 Å². The molecule has 2 aromatic heterocycles. The molecule has 0 radical (unpaired) electrons. The number of carbonyl (C=O) groups is 1. The minimum absolute atomic E-state index is 0.433. The quantitative estimate of drug-likeness (QED) is 0.611. The number of hydrogen-bond donors (Lipinski definition) is 1. The zero-order chi connectivity index (χ0) is 17.9. The molecular weight excluding hydrogens is 322 g/mol. The van der Waals surface area contributed by atoms with E-state index in [-0.39, 0.29) is 0 Å². The molecule has 1 amide bonds. The number of aromatic nitrogens is 2. The molecule has 0 aliphatic carbocycles. The molecule has 0 saturated carbocycles. The third-order valence-corrected chi connectivity index (χ3v) is 4.38. The maximum atomic E-state index is 11.6. The van der Waals surface area contributed by atoms with Gasteiger partial charge in [0.25, 0.3) is 0 Å². The van der Waals surface area contributed by atoms with Crippen LogP contribution >= 0.6 is 0 Å². The Hall–Kier alpha value is -3.53. The lowest BCUT2D eigenvalue weighted by Gasteiger charge is -2.11. The first-order valence-corrected chi connectivity index (χ1v) is 8.37. The molecule has 0 bridgehead atoms. The summed E-state index contributed by atoms with van der Waals surface area (Å²) in [6, 6.07) is 19.7. The number of pyridine rings is 2. The number of carbonyl (C=O) groups excluding carboxylic acids is 1. The van der Waals surface area contributed by atoms with Gasteiger partial charge in [-0.2, -0.15) is 0 Å². The molecule has 2 aromatic carbocycles. The lowest BCUT2D eigenvalue weighted by molar-refractivity contribution is 0.100. The van der Waals surface area contributed by atoms with Crippen molar-refractivity contribution in [1.29, 1.82) is 0 Å². The van der Waals surface area contributed by atoms with E-state index in [0.29, 0.717) is 5.56 Å². The molecule has 0 spiro atoms. The lowest BCUT2D eigenvalue weighted by atomic mass is 9.95. The SMILES string of the molecule is NC(=O)c1cccc(-c2cc(Cc3ccncc3)cc3cccnc23)c1. The second-order valence-corrected chi connectivity index (χ2v) is 6.20. The van der Waals surface area contributed by atoms with Crippen molar-refractivity contribution in [3.05, 3.63) is 95.9 Å². The summed E-state index contributed by atoms with van der Waals surface area (Å²) in [7, 11) is 0. The van der Waals surface area contributed by atoms with Crippen molar-refractivity contribution in [2.75, 3.05) is 0 Å². The van der Waals surface area contributed by atoms with Crippen molar-refractivity contribution in [2.45, 2.75) is 6.42 Å². The van der Waals surface area contributed by atoms with E-state index in [9.17, 15) is 4.79 Å². The van der Waals surface area contributed by atoms with Crippen LogP contribution in [-0.2, 0) is 6.42 Å². The Bertz CT molecular complexity index is 1090. The summed E-state index contributed by atoms with van der Waals surface area (Å²) >= 11 is 0. The predicted octanol–water partition coefficient (Wildman–Crippen LogP) is 3.99. The molecule has 0 aliphatic heterocycles. The molecule has 0 atom stereocenters.